The Morgan fingerprint density at radius 1 is 1.32 bits per heavy atom. The maximum atomic E-state index is 11.9. The first-order valence-corrected chi connectivity index (χ1v) is 7.54. The van der Waals surface area contributed by atoms with Crippen LogP contribution in [0.25, 0.3) is 0 Å². The highest BCUT2D eigenvalue weighted by atomic mass is 16.5. The van der Waals surface area contributed by atoms with Crippen molar-refractivity contribution in [1.29, 1.82) is 0 Å². The van der Waals surface area contributed by atoms with E-state index in [-0.39, 0.29) is 23.7 Å². The maximum Gasteiger partial charge on any atom is 0.335 e. The highest BCUT2D eigenvalue weighted by molar-refractivity contribution is 5.87. The minimum Gasteiger partial charge on any atom is -0.478 e. The summed E-state index contributed by atoms with van der Waals surface area (Å²) in [6.07, 6.45) is 3.27. The lowest BCUT2D eigenvalue weighted by molar-refractivity contribution is -0.00135. The number of carbonyl (C=O) groups excluding carboxylic acids is 1. The van der Waals surface area contributed by atoms with E-state index in [0.29, 0.717) is 6.54 Å². The fourth-order valence-corrected chi connectivity index (χ4v) is 2.46. The number of carboxylic acids is 1. The lowest BCUT2D eigenvalue weighted by Gasteiger charge is -2.28. The zero-order valence-electron chi connectivity index (χ0n) is 12.7. The zero-order valence-corrected chi connectivity index (χ0v) is 12.7. The average molecular weight is 306 g/mol. The summed E-state index contributed by atoms with van der Waals surface area (Å²) in [5.74, 6) is -0.960. The predicted molar refractivity (Wildman–Crippen MR) is 81.8 cm³/mol. The molecular weight excluding hydrogens is 284 g/mol. The van der Waals surface area contributed by atoms with Gasteiger partial charge in [0, 0.05) is 13.2 Å². The lowest BCUT2D eigenvalue weighted by atomic mass is 10.0. The van der Waals surface area contributed by atoms with Gasteiger partial charge >= 0.3 is 12.0 Å². The Morgan fingerprint density at radius 2 is 2.05 bits per heavy atom. The SMILES string of the molecule is CC(NC(=O)NCc1ccc(C(=O)O)cc1)C1CCCCO1. The van der Waals surface area contributed by atoms with E-state index in [1.54, 1.807) is 12.1 Å². The molecule has 1 aliphatic heterocycles. The summed E-state index contributed by atoms with van der Waals surface area (Å²) in [5.41, 5.74) is 1.08. The third-order valence-electron chi connectivity index (χ3n) is 3.79. The molecule has 0 aliphatic carbocycles. The molecule has 2 amide bonds. The first-order valence-electron chi connectivity index (χ1n) is 7.54. The summed E-state index contributed by atoms with van der Waals surface area (Å²) >= 11 is 0. The van der Waals surface area contributed by atoms with Crippen LogP contribution < -0.4 is 10.6 Å². The predicted octanol–water partition coefficient (Wildman–Crippen LogP) is 2.14. The lowest BCUT2D eigenvalue weighted by Crippen LogP contribution is -2.47. The number of rotatable bonds is 5. The monoisotopic (exact) mass is 306 g/mol. The third kappa shape index (κ3) is 4.73. The summed E-state index contributed by atoms with van der Waals surface area (Å²) in [6, 6.07) is 6.15. The second-order valence-electron chi connectivity index (χ2n) is 5.52. The first-order chi connectivity index (χ1) is 10.6. The molecule has 0 bridgehead atoms. The number of ether oxygens (including phenoxy) is 1. The Morgan fingerprint density at radius 3 is 2.64 bits per heavy atom. The third-order valence-corrected chi connectivity index (χ3v) is 3.79. The van der Waals surface area contributed by atoms with E-state index in [2.05, 4.69) is 10.6 Å². The van der Waals surface area contributed by atoms with Gasteiger partial charge in [-0.05, 0) is 43.9 Å². The topological polar surface area (TPSA) is 87.7 Å². The molecule has 1 aromatic carbocycles. The molecule has 1 heterocycles. The second-order valence-corrected chi connectivity index (χ2v) is 5.52. The van der Waals surface area contributed by atoms with Gasteiger partial charge in [0.05, 0.1) is 17.7 Å². The van der Waals surface area contributed by atoms with Crippen molar-refractivity contribution in [2.45, 2.75) is 44.9 Å². The summed E-state index contributed by atoms with van der Waals surface area (Å²) < 4.78 is 5.64. The number of hydrogen-bond acceptors (Lipinski definition) is 3. The number of benzene rings is 1. The van der Waals surface area contributed by atoms with Crippen LogP contribution in [0.3, 0.4) is 0 Å². The van der Waals surface area contributed by atoms with Gasteiger partial charge in [-0.1, -0.05) is 12.1 Å². The van der Waals surface area contributed by atoms with E-state index < -0.39 is 5.97 Å². The highest BCUT2D eigenvalue weighted by Gasteiger charge is 2.21. The van der Waals surface area contributed by atoms with Crippen LogP contribution in [0.1, 0.15) is 42.1 Å². The molecule has 6 nitrogen and oxygen atoms in total. The molecule has 1 fully saturated rings. The molecule has 2 atom stereocenters. The van der Waals surface area contributed by atoms with E-state index in [9.17, 15) is 9.59 Å². The van der Waals surface area contributed by atoms with Gasteiger partial charge < -0.3 is 20.5 Å². The van der Waals surface area contributed by atoms with Crippen LogP contribution in [-0.2, 0) is 11.3 Å². The van der Waals surface area contributed by atoms with E-state index in [1.165, 1.54) is 12.1 Å². The molecule has 0 saturated carbocycles. The van der Waals surface area contributed by atoms with Crippen molar-refractivity contribution in [1.82, 2.24) is 10.6 Å². The van der Waals surface area contributed by atoms with Gasteiger partial charge in [-0.15, -0.1) is 0 Å². The number of carboxylic acid groups (broad SMARTS) is 1. The van der Waals surface area contributed by atoms with E-state index in [4.69, 9.17) is 9.84 Å². The Labute approximate surface area is 129 Å². The van der Waals surface area contributed by atoms with Gasteiger partial charge in [-0.2, -0.15) is 0 Å². The number of urea groups is 1. The first kappa shape index (κ1) is 16.3. The molecule has 0 radical (unpaired) electrons. The van der Waals surface area contributed by atoms with Gasteiger partial charge in [0.15, 0.2) is 0 Å². The van der Waals surface area contributed by atoms with Crippen molar-refractivity contribution >= 4 is 12.0 Å². The average Bonchev–Trinajstić information content (AvgIpc) is 2.54. The summed E-state index contributed by atoms with van der Waals surface area (Å²) in [5, 5.41) is 14.5. The van der Waals surface area contributed by atoms with Crippen LogP contribution in [0.5, 0.6) is 0 Å². The van der Waals surface area contributed by atoms with E-state index in [1.807, 2.05) is 6.92 Å². The van der Waals surface area contributed by atoms with Crippen LogP contribution in [-0.4, -0.2) is 35.9 Å². The second kappa shape index (κ2) is 7.79. The highest BCUT2D eigenvalue weighted by Crippen LogP contribution is 2.15. The van der Waals surface area contributed by atoms with Crippen LogP contribution in [0.15, 0.2) is 24.3 Å². The largest absolute Gasteiger partial charge is 0.478 e. The van der Waals surface area contributed by atoms with Gasteiger partial charge in [-0.3, -0.25) is 0 Å². The van der Waals surface area contributed by atoms with Gasteiger partial charge in [0.2, 0.25) is 0 Å². The van der Waals surface area contributed by atoms with Crippen molar-refractivity contribution in [2.75, 3.05) is 6.61 Å². The van der Waals surface area contributed by atoms with Crippen molar-refractivity contribution in [3.8, 4) is 0 Å². The molecule has 1 saturated heterocycles. The molecule has 1 aliphatic rings. The van der Waals surface area contributed by atoms with Crippen LogP contribution in [0, 0.1) is 0 Å². The number of carbonyl (C=O) groups is 2. The van der Waals surface area contributed by atoms with Crippen molar-refractivity contribution in [2.24, 2.45) is 0 Å². The molecule has 2 unspecified atom stereocenters. The van der Waals surface area contributed by atoms with Crippen LogP contribution in [0.4, 0.5) is 4.79 Å². The molecule has 1 aromatic rings. The smallest absolute Gasteiger partial charge is 0.335 e. The molecule has 3 N–H and O–H groups in total. The van der Waals surface area contributed by atoms with Gasteiger partial charge in [0.25, 0.3) is 0 Å². The Balaban J connectivity index is 1.75. The number of hydrogen-bond donors (Lipinski definition) is 3. The molecular formula is C16H22N2O4. The van der Waals surface area contributed by atoms with E-state index in [0.717, 1.165) is 31.4 Å². The van der Waals surface area contributed by atoms with Gasteiger partial charge in [-0.25, -0.2) is 9.59 Å². The molecule has 0 aromatic heterocycles. The minimum atomic E-state index is -0.960. The Kier molecular flexibility index (Phi) is 5.77. The summed E-state index contributed by atoms with van der Waals surface area (Å²) in [4.78, 5) is 22.6. The Bertz CT molecular complexity index is 509. The summed E-state index contributed by atoms with van der Waals surface area (Å²) in [6.45, 7) is 3.05. The van der Waals surface area contributed by atoms with Gasteiger partial charge in [0.1, 0.15) is 0 Å². The maximum absolute atomic E-state index is 11.9. The van der Waals surface area contributed by atoms with Crippen molar-refractivity contribution in [3.05, 3.63) is 35.4 Å². The van der Waals surface area contributed by atoms with Crippen molar-refractivity contribution < 1.29 is 19.4 Å². The molecule has 6 heteroatoms. The zero-order chi connectivity index (χ0) is 15.9. The quantitative estimate of drug-likeness (QED) is 0.777. The molecule has 120 valence electrons. The fraction of sp³-hybridized carbons (Fsp3) is 0.500. The normalized spacial score (nSPS) is 19.2. The van der Waals surface area contributed by atoms with Crippen LogP contribution in [0.2, 0.25) is 0 Å². The fourth-order valence-electron chi connectivity index (χ4n) is 2.46. The van der Waals surface area contributed by atoms with Crippen molar-refractivity contribution in [3.63, 3.8) is 0 Å². The number of aromatic carboxylic acids is 1. The molecule has 2 rings (SSSR count). The molecule has 0 spiro atoms. The Hall–Kier alpha value is -2.08. The minimum absolute atomic E-state index is 0.0327. The number of amides is 2. The summed E-state index contributed by atoms with van der Waals surface area (Å²) in [7, 11) is 0. The number of nitrogens with one attached hydrogen (secondary N) is 2. The van der Waals surface area contributed by atoms with E-state index >= 15 is 0 Å². The standard InChI is InChI=1S/C16H22N2O4/c1-11(14-4-2-3-9-22-14)18-16(21)17-10-12-5-7-13(8-6-12)15(19)20/h5-8,11,14H,2-4,9-10H2,1H3,(H,19,20)(H2,17,18,21). The molecule has 22 heavy (non-hydrogen) atoms. The van der Waals surface area contributed by atoms with Crippen LogP contribution >= 0.6 is 0 Å².